The van der Waals surface area contributed by atoms with E-state index in [1.54, 1.807) is 26.4 Å². The Morgan fingerprint density at radius 3 is 2.31 bits per heavy atom. The summed E-state index contributed by atoms with van der Waals surface area (Å²) in [4.78, 5) is 12.9. The highest BCUT2D eigenvalue weighted by Gasteiger charge is 2.19. The second kappa shape index (κ2) is 10.2. The smallest absolute Gasteiger partial charge is 0.193 e. The third-order valence-corrected chi connectivity index (χ3v) is 5.42. The summed E-state index contributed by atoms with van der Waals surface area (Å²) in [5.74, 6) is 1.93. The van der Waals surface area contributed by atoms with E-state index in [0.717, 1.165) is 29.6 Å². The lowest BCUT2D eigenvalue weighted by Gasteiger charge is -2.13. The third-order valence-electron chi connectivity index (χ3n) is 4.12. The molecule has 0 spiro atoms. The Bertz CT molecular complexity index is 721. The number of rotatable bonds is 10. The molecule has 1 unspecified atom stereocenters. The Balaban J connectivity index is 2.12. The number of carbonyl (C=O) groups is 1. The summed E-state index contributed by atoms with van der Waals surface area (Å²) >= 11 is 0. The van der Waals surface area contributed by atoms with Crippen LogP contribution in [0.15, 0.2) is 36.4 Å². The van der Waals surface area contributed by atoms with Gasteiger partial charge in [0.2, 0.25) is 0 Å². The molecule has 0 bridgehead atoms. The number of aryl methyl sites for hydroxylation is 1. The molecule has 0 aromatic heterocycles. The number of ether oxygens (including phenoxy) is 3. The summed E-state index contributed by atoms with van der Waals surface area (Å²) in [6, 6.07) is 11.3. The molecule has 0 aliphatic carbocycles. The monoisotopic (exact) mass is 374 g/mol. The van der Waals surface area contributed by atoms with Crippen molar-refractivity contribution in [1.29, 1.82) is 0 Å². The van der Waals surface area contributed by atoms with Crippen molar-refractivity contribution >= 4 is 19.4 Å². The van der Waals surface area contributed by atoms with Crippen LogP contribution in [0.25, 0.3) is 0 Å². The molecule has 0 aliphatic rings. The van der Waals surface area contributed by atoms with Gasteiger partial charge in [-0.1, -0.05) is 31.9 Å². The van der Waals surface area contributed by atoms with Crippen LogP contribution in [-0.2, 0) is 0 Å². The van der Waals surface area contributed by atoms with Gasteiger partial charge in [-0.25, -0.2) is 0 Å². The zero-order chi connectivity index (χ0) is 18.9. The normalized spacial score (nSPS) is 10.9. The minimum absolute atomic E-state index is 0.000913. The number of hydrogen-bond donors (Lipinski definition) is 0. The predicted octanol–water partition coefficient (Wildman–Crippen LogP) is 4.73. The average Bonchev–Trinajstić information content (AvgIpc) is 2.66. The first-order chi connectivity index (χ1) is 12.6. The number of carbonyl (C=O) groups excluding carboxylic acids is 1. The van der Waals surface area contributed by atoms with E-state index in [2.05, 4.69) is 6.92 Å². The molecular formula is C21H27O4P. The molecule has 1 atom stereocenters. The molecule has 0 heterocycles. The molecule has 4 nitrogen and oxygen atoms in total. The van der Waals surface area contributed by atoms with Crippen LogP contribution in [0.2, 0.25) is 0 Å². The molecule has 0 aliphatic heterocycles. The lowest BCUT2D eigenvalue weighted by Crippen LogP contribution is -2.08. The topological polar surface area (TPSA) is 44.8 Å². The maximum absolute atomic E-state index is 12.9. The van der Waals surface area contributed by atoms with Crippen molar-refractivity contribution in [2.24, 2.45) is 0 Å². The maximum Gasteiger partial charge on any atom is 0.193 e. The van der Waals surface area contributed by atoms with E-state index in [0.29, 0.717) is 17.1 Å². The lowest BCUT2D eigenvalue weighted by atomic mass is 10.2. The summed E-state index contributed by atoms with van der Waals surface area (Å²) in [6.45, 7) is 4.91. The molecular weight excluding hydrogens is 347 g/mol. The van der Waals surface area contributed by atoms with E-state index < -0.39 is 0 Å². The van der Waals surface area contributed by atoms with Gasteiger partial charge in [-0.3, -0.25) is 4.79 Å². The molecule has 0 fully saturated rings. The van der Waals surface area contributed by atoms with Crippen molar-refractivity contribution in [3.63, 3.8) is 0 Å². The highest BCUT2D eigenvalue weighted by Crippen LogP contribution is 2.34. The van der Waals surface area contributed by atoms with Crippen LogP contribution in [0, 0.1) is 6.92 Å². The first-order valence-electron chi connectivity index (χ1n) is 8.86. The Kier molecular flexibility index (Phi) is 7.93. The van der Waals surface area contributed by atoms with Gasteiger partial charge in [-0.2, -0.15) is 0 Å². The van der Waals surface area contributed by atoms with Crippen LogP contribution in [0.3, 0.4) is 0 Å². The molecule has 0 N–H and O–H groups in total. The first-order valence-corrected chi connectivity index (χ1v) is 9.86. The van der Waals surface area contributed by atoms with Crippen LogP contribution in [0.4, 0.5) is 0 Å². The standard InChI is InChI=1S/C21H27O4P/c1-5-6-7-13-25-16-11-12-19(15(2)14-16)26-21(22)20-17(23-3)9-8-10-18(20)24-4/h8-12,14,26H,5-7,13H2,1-4H3. The lowest BCUT2D eigenvalue weighted by molar-refractivity contribution is 0.108. The highest BCUT2D eigenvalue weighted by atomic mass is 31.1. The number of benzene rings is 2. The summed E-state index contributed by atoms with van der Waals surface area (Å²) < 4.78 is 16.5. The molecule has 26 heavy (non-hydrogen) atoms. The van der Waals surface area contributed by atoms with Crippen LogP contribution < -0.4 is 19.5 Å². The summed E-state index contributed by atoms with van der Waals surface area (Å²) in [6.07, 6.45) is 3.41. The molecule has 0 saturated carbocycles. The third kappa shape index (κ3) is 5.22. The highest BCUT2D eigenvalue weighted by molar-refractivity contribution is 7.66. The van der Waals surface area contributed by atoms with E-state index in [1.807, 2.05) is 31.2 Å². The number of hydrogen-bond acceptors (Lipinski definition) is 4. The molecule has 0 amide bonds. The second-order valence-corrected chi connectivity index (χ2v) is 7.27. The van der Waals surface area contributed by atoms with E-state index in [9.17, 15) is 4.79 Å². The predicted molar refractivity (Wildman–Crippen MR) is 108 cm³/mol. The van der Waals surface area contributed by atoms with Crippen LogP contribution in [0.5, 0.6) is 17.2 Å². The van der Waals surface area contributed by atoms with E-state index >= 15 is 0 Å². The van der Waals surface area contributed by atoms with E-state index in [-0.39, 0.29) is 14.1 Å². The maximum atomic E-state index is 12.9. The fraction of sp³-hybridized carbons (Fsp3) is 0.381. The van der Waals surface area contributed by atoms with Gasteiger partial charge in [-0.05, 0) is 57.1 Å². The van der Waals surface area contributed by atoms with Crippen molar-refractivity contribution in [3.8, 4) is 17.2 Å². The Morgan fingerprint density at radius 1 is 1.04 bits per heavy atom. The quantitative estimate of drug-likeness (QED) is 0.446. The van der Waals surface area contributed by atoms with Crippen molar-refractivity contribution in [2.75, 3.05) is 20.8 Å². The Morgan fingerprint density at radius 2 is 1.73 bits per heavy atom. The van der Waals surface area contributed by atoms with Crippen LogP contribution >= 0.6 is 8.58 Å². The average molecular weight is 374 g/mol. The van der Waals surface area contributed by atoms with E-state index in [4.69, 9.17) is 14.2 Å². The van der Waals surface area contributed by atoms with Gasteiger partial charge in [0.25, 0.3) is 0 Å². The van der Waals surface area contributed by atoms with Crippen molar-refractivity contribution in [2.45, 2.75) is 33.1 Å². The first kappa shape index (κ1) is 20.3. The SMILES string of the molecule is CCCCCOc1ccc(PC(=O)c2c(OC)cccc2OC)c(C)c1. The van der Waals surface area contributed by atoms with Crippen molar-refractivity contribution in [1.82, 2.24) is 0 Å². The zero-order valence-electron chi connectivity index (χ0n) is 15.9. The minimum Gasteiger partial charge on any atom is -0.496 e. The minimum atomic E-state index is -0.00239. The summed E-state index contributed by atoms with van der Waals surface area (Å²) in [5, 5.41) is 1.00. The van der Waals surface area contributed by atoms with Gasteiger partial charge < -0.3 is 14.2 Å². The molecule has 140 valence electrons. The Hall–Kier alpha value is -2.06. The molecule has 2 rings (SSSR count). The van der Waals surface area contributed by atoms with E-state index in [1.165, 1.54) is 12.8 Å². The molecule has 5 heteroatoms. The second-order valence-electron chi connectivity index (χ2n) is 6.02. The molecule has 2 aromatic rings. The van der Waals surface area contributed by atoms with Gasteiger partial charge in [0.05, 0.1) is 20.8 Å². The molecule has 0 saturated heterocycles. The zero-order valence-corrected chi connectivity index (χ0v) is 16.9. The number of methoxy groups -OCH3 is 2. The Labute approximate surface area is 157 Å². The van der Waals surface area contributed by atoms with Gasteiger partial charge in [0, 0.05) is 0 Å². The fourth-order valence-corrected chi connectivity index (χ4v) is 3.72. The molecule has 0 radical (unpaired) electrons. The fourth-order valence-electron chi connectivity index (χ4n) is 2.67. The van der Waals surface area contributed by atoms with Gasteiger partial charge in [-0.15, -0.1) is 0 Å². The van der Waals surface area contributed by atoms with Gasteiger partial charge in [0.15, 0.2) is 5.52 Å². The van der Waals surface area contributed by atoms with Crippen LogP contribution in [-0.4, -0.2) is 26.4 Å². The van der Waals surface area contributed by atoms with Gasteiger partial charge in [0.1, 0.15) is 22.8 Å². The summed E-state index contributed by atoms with van der Waals surface area (Å²) in [5.41, 5.74) is 1.55. The van der Waals surface area contributed by atoms with Crippen molar-refractivity contribution in [3.05, 3.63) is 47.5 Å². The summed E-state index contributed by atoms with van der Waals surface area (Å²) in [7, 11) is 3.12. The molecule has 2 aromatic carbocycles. The van der Waals surface area contributed by atoms with Crippen molar-refractivity contribution < 1.29 is 19.0 Å². The van der Waals surface area contributed by atoms with Crippen LogP contribution in [0.1, 0.15) is 42.1 Å². The van der Waals surface area contributed by atoms with Gasteiger partial charge >= 0.3 is 0 Å². The number of unbranched alkanes of at least 4 members (excludes halogenated alkanes) is 2. The largest absolute Gasteiger partial charge is 0.496 e.